The van der Waals surface area contributed by atoms with Gasteiger partial charge in [-0.1, -0.05) is 41.9 Å². The van der Waals surface area contributed by atoms with Crippen LogP contribution in [0.1, 0.15) is 42.1 Å². The van der Waals surface area contributed by atoms with Crippen LogP contribution in [0, 0.1) is 0 Å². The van der Waals surface area contributed by atoms with Crippen LogP contribution in [0.3, 0.4) is 0 Å². The predicted octanol–water partition coefficient (Wildman–Crippen LogP) is 2.01. The fraction of sp³-hybridized carbons (Fsp3) is 0.385. The monoisotopic (exact) mass is 528 g/mol. The number of nitrogen functional groups attached to an aromatic ring is 1. The van der Waals surface area contributed by atoms with Gasteiger partial charge in [-0.15, -0.1) is 0 Å². The Hall–Kier alpha value is -3.63. The summed E-state index contributed by atoms with van der Waals surface area (Å²) in [6.45, 7) is 2.15. The number of halogens is 1. The normalized spacial score (nSPS) is 21.8. The summed E-state index contributed by atoms with van der Waals surface area (Å²) in [6.07, 6.45) is 0.143. The smallest absolute Gasteiger partial charge is 0.310 e. The Morgan fingerprint density at radius 3 is 2.70 bits per heavy atom. The number of hydrogen-bond donors (Lipinski definition) is 3. The number of carbonyl (C=O) groups excluding carboxylic acids is 4. The largest absolute Gasteiger partial charge is 0.433 e. The van der Waals surface area contributed by atoms with Gasteiger partial charge in [0.15, 0.2) is 0 Å². The number of rotatable bonds is 8. The van der Waals surface area contributed by atoms with Gasteiger partial charge in [-0.05, 0) is 43.5 Å². The van der Waals surface area contributed by atoms with Gasteiger partial charge in [0.05, 0.1) is 23.7 Å². The second kappa shape index (κ2) is 11.6. The summed E-state index contributed by atoms with van der Waals surface area (Å²) in [7, 11) is 0. The molecule has 2 aliphatic rings. The van der Waals surface area contributed by atoms with Crippen LogP contribution in [-0.4, -0.2) is 59.6 Å². The Balaban J connectivity index is 1.34. The highest BCUT2D eigenvalue weighted by Gasteiger charge is 2.41. The summed E-state index contributed by atoms with van der Waals surface area (Å²) in [4.78, 5) is 52.3. The third-order valence-corrected chi connectivity index (χ3v) is 6.69. The molecular weight excluding hydrogens is 500 g/mol. The van der Waals surface area contributed by atoms with Gasteiger partial charge in [0.1, 0.15) is 18.1 Å². The Morgan fingerprint density at radius 1 is 1.22 bits per heavy atom. The molecule has 2 aliphatic heterocycles. The van der Waals surface area contributed by atoms with Gasteiger partial charge in [0.2, 0.25) is 18.1 Å². The first-order chi connectivity index (χ1) is 17.7. The number of cyclic esters (lactones) is 1. The molecule has 0 spiro atoms. The zero-order valence-electron chi connectivity index (χ0n) is 20.3. The number of carbonyl (C=O) groups is 4. The zero-order valence-corrected chi connectivity index (χ0v) is 21.1. The first kappa shape index (κ1) is 26.4. The van der Waals surface area contributed by atoms with E-state index in [1.54, 1.807) is 6.92 Å². The van der Waals surface area contributed by atoms with Crippen LogP contribution in [0.4, 0.5) is 5.69 Å². The lowest BCUT2D eigenvalue weighted by molar-refractivity contribution is -0.168. The number of likely N-dealkylation sites (tertiary alicyclic amines) is 1. The number of esters is 1. The topological polar surface area (TPSA) is 140 Å². The van der Waals surface area contributed by atoms with Crippen molar-refractivity contribution in [3.63, 3.8) is 0 Å². The quantitative estimate of drug-likeness (QED) is 0.351. The first-order valence-electron chi connectivity index (χ1n) is 12.0. The number of amides is 3. The van der Waals surface area contributed by atoms with Gasteiger partial charge >= 0.3 is 5.97 Å². The van der Waals surface area contributed by atoms with E-state index in [0.717, 1.165) is 5.56 Å². The van der Waals surface area contributed by atoms with Gasteiger partial charge in [-0.3, -0.25) is 19.2 Å². The summed E-state index contributed by atoms with van der Waals surface area (Å²) in [6, 6.07) is 11.6. The van der Waals surface area contributed by atoms with Crippen molar-refractivity contribution >= 4 is 41.0 Å². The van der Waals surface area contributed by atoms with Crippen LogP contribution in [0.15, 0.2) is 48.5 Å². The Morgan fingerprint density at radius 2 is 1.97 bits per heavy atom. The van der Waals surface area contributed by atoms with Crippen molar-refractivity contribution in [3.8, 4) is 0 Å². The lowest BCUT2D eigenvalue weighted by atomic mass is 10.1. The van der Waals surface area contributed by atoms with E-state index >= 15 is 0 Å². The van der Waals surface area contributed by atoms with E-state index in [-0.39, 0.29) is 29.5 Å². The summed E-state index contributed by atoms with van der Waals surface area (Å²) >= 11 is 5.99. The summed E-state index contributed by atoms with van der Waals surface area (Å²) in [5, 5.41) is 5.71. The van der Waals surface area contributed by atoms with Gasteiger partial charge < -0.3 is 30.7 Å². The second-order valence-corrected chi connectivity index (χ2v) is 9.50. The van der Waals surface area contributed by atoms with E-state index in [9.17, 15) is 19.2 Å². The molecule has 2 aromatic carbocycles. The number of benzene rings is 2. The molecule has 0 aliphatic carbocycles. The number of nitrogens with two attached hydrogens (primary N) is 1. The summed E-state index contributed by atoms with van der Waals surface area (Å²) in [5.74, 6) is -1.74. The van der Waals surface area contributed by atoms with Crippen LogP contribution >= 0.6 is 11.6 Å². The highest BCUT2D eigenvalue weighted by atomic mass is 35.5. The molecule has 0 saturated carbocycles. The van der Waals surface area contributed by atoms with E-state index in [2.05, 4.69) is 10.6 Å². The standard InChI is InChI=1S/C26H29ClN4O6/c1-15(29-23(33)17-9-10-19(28)18(27)12-17)25(35)31-11-5-8-21(31)24(34)30-20-13-22(32)37-26(20)36-14-16-6-3-2-4-7-16/h2-4,6-7,9-10,12,15,20-21,26H,5,8,11,13-14,28H2,1H3,(H,29,33)(H,30,34)/t15-,20-,21-,26+/m0/s1. The minimum Gasteiger partial charge on any atom is -0.433 e. The summed E-state index contributed by atoms with van der Waals surface area (Å²) < 4.78 is 11.0. The van der Waals surface area contributed by atoms with E-state index in [4.69, 9.17) is 26.8 Å². The maximum Gasteiger partial charge on any atom is 0.310 e. The lowest BCUT2D eigenvalue weighted by Gasteiger charge is -2.28. The average Bonchev–Trinajstić information content (AvgIpc) is 3.51. The van der Waals surface area contributed by atoms with Crippen molar-refractivity contribution in [1.82, 2.24) is 15.5 Å². The first-order valence-corrected chi connectivity index (χ1v) is 12.4. The molecule has 0 radical (unpaired) electrons. The molecule has 4 N–H and O–H groups in total. The highest BCUT2D eigenvalue weighted by molar-refractivity contribution is 6.33. The average molecular weight is 529 g/mol. The van der Waals surface area contributed by atoms with Gasteiger partial charge in [-0.2, -0.15) is 0 Å². The molecule has 2 fully saturated rings. The molecule has 0 unspecified atom stereocenters. The molecule has 3 amide bonds. The Bertz CT molecular complexity index is 1180. The fourth-order valence-electron chi connectivity index (χ4n) is 4.40. The predicted molar refractivity (Wildman–Crippen MR) is 135 cm³/mol. The molecule has 196 valence electrons. The SMILES string of the molecule is C[C@H](NC(=O)c1ccc(N)c(Cl)c1)C(=O)N1CCC[C@H]1C(=O)N[C@H]1CC(=O)O[C@H]1OCc1ccccc1. The Kier molecular flexibility index (Phi) is 8.30. The minimum absolute atomic E-state index is 0.0253. The van der Waals surface area contributed by atoms with E-state index in [1.807, 2.05) is 30.3 Å². The number of ether oxygens (including phenoxy) is 2. The van der Waals surface area contributed by atoms with Crippen molar-refractivity contribution in [2.75, 3.05) is 12.3 Å². The molecular formula is C26H29ClN4O6. The van der Waals surface area contributed by atoms with Crippen LogP contribution in [0.5, 0.6) is 0 Å². The molecule has 11 heteroatoms. The second-order valence-electron chi connectivity index (χ2n) is 9.10. The highest BCUT2D eigenvalue weighted by Crippen LogP contribution is 2.23. The molecule has 2 saturated heterocycles. The third kappa shape index (κ3) is 6.39. The molecule has 37 heavy (non-hydrogen) atoms. The van der Waals surface area contributed by atoms with Crippen LogP contribution in [0.25, 0.3) is 0 Å². The maximum absolute atomic E-state index is 13.1. The molecule has 4 atom stereocenters. The number of nitrogens with one attached hydrogen (secondary N) is 2. The van der Waals surface area contributed by atoms with E-state index < -0.39 is 42.2 Å². The van der Waals surface area contributed by atoms with Gasteiger partial charge in [-0.25, -0.2) is 0 Å². The van der Waals surface area contributed by atoms with Crippen LogP contribution < -0.4 is 16.4 Å². The lowest BCUT2D eigenvalue weighted by Crippen LogP contribution is -2.54. The third-order valence-electron chi connectivity index (χ3n) is 6.37. The van der Waals surface area contributed by atoms with Crippen LogP contribution in [0.2, 0.25) is 5.02 Å². The van der Waals surface area contributed by atoms with Gasteiger partial charge in [0, 0.05) is 12.1 Å². The van der Waals surface area contributed by atoms with Crippen molar-refractivity contribution in [2.45, 2.75) is 57.2 Å². The number of anilines is 1. The van der Waals surface area contributed by atoms with E-state index in [0.29, 0.717) is 25.1 Å². The van der Waals surface area contributed by atoms with Crippen molar-refractivity contribution < 1.29 is 28.7 Å². The maximum atomic E-state index is 13.1. The molecule has 2 aromatic rings. The van der Waals surface area contributed by atoms with Gasteiger partial charge in [0.25, 0.3) is 5.91 Å². The minimum atomic E-state index is -0.924. The molecule has 0 bridgehead atoms. The molecule has 2 heterocycles. The fourth-order valence-corrected chi connectivity index (χ4v) is 4.58. The van der Waals surface area contributed by atoms with Crippen molar-refractivity contribution in [3.05, 3.63) is 64.7 Å². The van der Waals surface area contributed by atoms with Crippen molar-refractivity contribution in [1.29, 1.82) is 0 Å². The Labute approximate surface area is 219 Å². The zero-order chi connectivity index (χ0) is 26.5. The molecule has 4 rings (SSSR count). The summed E-state index contributed by atoms with van der Waals surface area (Å²) in [5.41, 5.74) is 7.20. The molecule has 10 nitrogen and oxygen atoms in total. The van der Waals surface area contributed by atoms with E-state index in [1.165, 1.54) is 23.1 Å². The number of hydrogen-bond acceptors (Lipinski definition) is 7. The van der Waals surface area contributed by atoms with Crippen LogP contribution in [-0.2, 0) is 30.5 Å². The number of nitrogens with zero attached hydrogens (tertiary/aromatic N) is 1. The molecule has 0 aromatic heterocycles. The van der Waals surface area contributed by atoms with Crippen molar-refractivity contribution in [2.24, 2.45) is 0 Å².